The standard InChI is InChI=1S/C31H38FN5O3S/c1-7-26(38)37-20(3)15-35(16-21(37)4)30-25-14-19(2)27(22-8-10-23(32)11-9-22)29-28(25)36(31(39)33-30)17-24(18-41-29)40-13-12-34(5)6/h7-11,14,20-21,24H,1,12-13,15-18H2,2-6H3/t20-,21+,24-/m0/s1. The van der Waals surface area contributed by atoms with Crippen LogP contribution in [0.4, 0.5) is 10.2 Å². The number of hydrogen-bond donors (Lipinski definition) is 0. The fraction of sp³-hybridized carbons (Fsp3) is 0.452. The van der Waals surface area contributed by atoms with E-state index in [2.05, 4.69) is 34.4 Å². The van der Waals surface area contributed by atoms with Gasteiger partial charge in [-0.1, -0.05) is 18.7 Å². The highest BCUT2D eigenvalue weighted by Crippen LogP contribution is 2.43. The molecule has 0 radical (unpaired) electrons. The lowest BCUT2D eigenvalue weighted by atomic mass is 9.97. The summed E-state index contributed by atoms with van der Waals surface area (Å²) in [5.74, 6) is 0.920. The van der Waals surface area contributed by atoms with E-state index in [9.17, 15) is 14.0 Å². The van der Waals surface area contributed by atoms with Crippen molar-refractivity contribution < 1.29 is 13.9 Å². The summed E-state index contributed by atoms with van der Waals surface area (Å²) in [6.45, 7) is 12.6. The molecule has 41 heavy (non-hydrogen) atoms. The Kier molecular flexibility index (Phi) is 8.54. The molecule has 0 N–H and O–H groups in total. The predicted octanol–water partition coefficient (Wildman–Crippen LogP) is 4.18. The highest BCUT2D eigenvalue weighted by atomic mass is 32.2. The third kappa shape index (κ3) is 5.78. The molecular formula is C31H38FN5O3S. The minimum absolute atomic E-state index is 0.0814. The number of carbonyl (C=O) groups is 1. The first-order chi connectivity index (χ1) is 19.6. The van der Waals surface area contributed by atoms with E-state index in [1.807, 2.05) is 32.8 Å². The maximum Gasteiger partial charge on any atom is 0.350 e. The number of thioether (sulfide) groups is 1. The molecule has 0 spiro atoms. The second kappa shape index (κ2) is 12.0. The van der Waals surface area contributed by atoms with Crippen molar-refractivity contribution in [1.29, 1.82) is 0 Å². The van der Waals surface area contributed by atoms with Crippen LogP contribution in [0.2, 0.25) is 0 Å². The average Bonchev–Trinajstić information content (AvgIpc) is 3.11. The molecule has 2 aliphatic rings. The summed E-state index contributed by atoms with van der Waals surface area (Å²) in [5.41, 5.74) is 3.42. The molecule has 2 aromatic carbocycles. The van der Waals surface area contributed by atoms with E-state index in [-0.39, 0.29) is 35.6 Å². The number of amides is 1. The molecule has 8 nitrogen and oxygen atoms in total. The smallest absolute Gasteiger partial charge is 0.350 e. The lowest BCUT2D eigenvalue weighted by molar-refractivity contribution is -0.130. The van der Waals surface area contributed by atoms with Crippen molar-refractivity contribution in [3.8, 4) is 11.1 Å². The number of ether oxygens (including phenoxy) is 1. The van der Waals surface area contributed by atoms with Crippen molar-refractivity contribution in [1.82, 2.24) is 19.4 Å². The molecule has 1 saturated heterocycles. The molecule has 218 valence electrons. The number of piperazine rings is 1. The molecule has 10 heteroatoms. The summed E-state index contributed by atoms with van der Waals surface area (Å²) in [6.07, 6.45) is 1.18. The van der Waals surface area contributed by atoms with Crippen LogP contribution in [-0.4, -0.2) is 89.5 Å². The zero-order chi connectivity index (χ0) is 29.4. The fourth-order valence-corrected chi connectivity index (χ4v) is 7.35. The summed E-state index contributed by atoms with van der Waals surface area (Å²) in [5, 5.41) is 0.896. The number of aryl methyl sites for hydroxylation is 1. The Hall–Kier alpha value is -3.21. The molecule has 0 bridgehead atoms. The van der Waals surface area contributed by atoms with Gasteiger partial charge >= 0.3 is 5.69 Å². The van der Waals surface area contributed by atoms with Gasteiger partial charge in [-0.25, -0.2) is 9.18 Å². The fourth-order valence-electron chi connectivity index (χ4n) is 6.02. The highest BCUT2D eigenvalue weighted by molar-refractivity contribution is 7.99. The Bertz CT molecular complexity index is 1510. The van der Waals surface area contributed by atoms with Crippen molar-refractivity contribution >= 4 is 34.4 Å². The maximum absolute atomic E-state index is 13.9. The van der Waals surface area contributed by atoms with Gasteiger partial charge in [0, 0.05) is 53.3 Å². The number of aromatic nitrogens is 2. The molecule has 5 rings (SSSR count). The molecule has 3 heterocycles. The van der Waals surface area contributed by atoms with E-state index in [0.29, 0.717) is 37.8 Å². The second-order valence-electron chi connectivity index (χ2n) is 11.3. The van der Waals surface area contributed by atoms with Gasteiger partial charge in [0.2, 0.25) is 5.91 Å². The number of carbonyl (C=O) groups excluding carboxylic acids is 1. The summed E-state index contributed by atoms with van der Waals surface area (Å²) >= 11 is 1.68. The van der Waals surface area contributed by atoms with Gasteiger partial charge in [0.1, 0.15) is 11.6 Å². The molecule has 2 aliphatic heterocycles. The van der Waals surface area contributed by atoms with E-state index >= 15 is 0 Å². The Morgan fingerprint density at radius 2 is 1.88 bits per heavy atom. The normalized spacial score (nSPS) is 20.9. The molecule has 0 unspecified atom stereocenters. The molecule has 3 atom stereocenters. The van der Waals surface area contributed by atoms with Crippen molar-refractivity contribution in [2.75, 3.05) is 51.0 Å². The number of likely N-dealkylation sites (N-methyl/N-ethyl adjacent to an activating group) is 1. The number of halogens is 1. The van der Waals surface area contributed by atoms with Gasteiger partial charge in [-0.3, -0.25) is 9.36 Å². The molecular weight excluding hydrogens is 541 g/mol. The van der Waals surface area contributed by atoms with Gasteiger partial charge in [0.05, 0.1) is 24.8 Å². The summed E-state index contributed by atoms with van der Waals surface area (Å²) in [6, 6.07) is 8.46. The van der Waals surface area contributed by atoms with Crippen molar-refractivity contribution in [3.05, 3.63) is 64.9 Å². The number of benzene rings is 2. The van der Waals surface area contributed by atoms with Crippen LogP contribution in [0, 0.1) is 12.7 Å². The Balaban J connectivity index is 1.66. The van der Waals surface area contributed by atoms with Crippen LogP contribution in [0.25, 0.3) is 22.0 Å². The van der Waals surface area contributed by atoms with E-state index in [1.54, 1.807) is 28.5 Å². The third-order valence-electron chi connectivity index (χ3n) is 7.87. The van der Waals surface area contributed by atoms with Crippen LogP contribution in [0.3, 0.4) is 0 Å². The summed E-state index contributed by atoms with van der Waals surface area (Å²) < 4.78 is 21.9. The lowest BCUT2D eigenvalue weighted by Crippen LogP contribution is -2.58. The first-order valence-electron chi connectivity index (χ1n) is 14.0. The molecule has 3 aromatic rings. The first kappa shape index (κ1) is 29.3. The molecule has 0 aliphatic carbocycles. The molecule has 0 saturated carbocycles. The topological polar surface area (TPSA) is 70.9 Å². The van der Waals surface area contributed by atoms with Crippen molar-refractivity contribution in [2.45, 2.75) is 50.4 Å². The van der Waals surface area contributed by atoms with Gasteiger partial charge in [0.25, 0.3) is 0 Å². The number of nitrogens with zero attached hydrogens (tertiary/aromatic N) is 5. The second-order valence-corrected chi connectivity index (χ2v) is 12.3. The van der Waals surface area contributed by atoms with Crippen LogP contribution >= 0.6 is 11.8 Å². The van der Waals surface area contributed by atoms with Gasteiger partial charge in [-0.15, -0.1) is 11.8 Å². The Morgan fingerprint density at radius 3 is 2.51 bits per heavy atom. The minimum atomic E-state index is -0.323. The van der Waals surface area contributed by atoms with Crippen LogP contribution in [0.15, 0.2) is 52.7 Å². The molecule has 1 fully saturated rings. The van der Waals surface area contributed by atoms with Crippen molar-refractivity contribution in [3.63, 3.8) is 0 Å². The SMILES string of the molecule is C=CC(=O)N1[C@H](C)CN(c2nc(=O)n3c4c(c(-c5ccc(F)cc5)c(C)cc24)SC[C@@H](OCCN(C)C)C3)C[C@@H]1C. The number of rotatable bonds is 7. The largest absolute Gasteiger partial charge is 0.374 e. The highest BCUT2D eigenvalue weighted by Gasteiger charge is 2.34. The van der Waals surface area contributed by atoms with Gasteiger partial charge < -0.3 is 19.4 Å². The monoisotopic (exact) mass is 579 g/mol. The number of anilines is 1. The Morgan fingerprint density at radius 1 is 1.20 bits per heavy atom. The lowest BCUT2D eigenvalue weighted by Gasteiger charge is -2.44. The number of hydrogen-bond acceptors (Lipinski definition) is 7. The van der Waals surface area contributed by atoms with Gasteiger partial charge in [-0.2, -0.15) is 4.98 Å². The van der Waals surface area contributed by atoms with Gasteiger partial charge in [0.15, 0.2) is 0 Å². The predicted molar refractivity (Wildman–Crippen MR) is 163 cm³/mol. The Labute approximate surface area is 244 Å². The van der Waals surface area contributed by atoms with Crippen LogP contribution < -0.4 is 10.6 Å². The van der Waals surface area contributed by atoms with E-state index in [0.717, 1.165) is 39.0 Å². The molecule has 1 aromatic heterocycles. The maximum atomic E-state index is 13.9. The van der Waals surface area contributed by atoms with Crippen LogP contribution in [-0.2, 0) is 16.1 Å². The van der Waals surface area contributed by atoms with Crippen LogP contribution in [0.1, 0.15) is 19.4 Å². The average molecular weight is 580 g/mol. The van der Waals surface area contributed by atoms with E-state index < -0.39 is 0 Å². The molecule has 1 amide bonds. The van der Waals surface area contributed by atoms with E-state index in [4.69, 9.17) is 4.74 Å². The summed E-state index contributed by atoms with van der Waals surface area (Å²) in [7, 11) is 4.01. The van der Waals surface area contributed by atoms with Crippen molar-refractivity contribution in [2.24, 2.45) is 0 Å². The quantitative estimate of drug-likeness (QED) is 0.389. The minimum Gasteiger partial charge on any atom is -0.374 e. The zero-order valence-corrected chi connectivity index (χ0v) is 25.2. The van der Waals surface area contributed by atoms with Crippen LogP contribution in [0.5, 0.6) is 0 Å². The zero-order valence-electron chi connectivity index (χ0n) is 24.4. The van der Waals surface area contributed by atoms with E-state index in [1.165, 1.54) is 18.2 Å². The third-order valence-corrected chi connectivity index (χ3v) is 9.09. The summed E-state index contributed by atoms with van der Waals surface area (Å²) in [4.78, 5) is 38.0. The van der Waals surface area contributed by atoms with Gasteiger partial charge in [-0.05, 0) is 70.3 Å². The first-order valence-corrected chi connectivity index (χ1v) is 15.0.